The lowest BCUT2D eigenvalue weighted by Gasteiger charge is -2.36. The molecule has 5 rings (SSSR count). The average Bonchev–Trinajstić information content (AvgIpc) is 3.01. The van der Waals surface area contributed by atoms with Crippen LogP contribution in [0, 0.1) is 3.57 Å². The molecule has 1 saturated heterocycles. The number of halogens is 1. The van der Waals surface area contributed by atoms with Crippen LogP contribution in [-0.2, 0) is 16.2 Å². The number of para-hydroxylation sites is 2. The topological polar surface area (TPSA) is 53.1 Å². The summed E-state index contributed by atoms with van der Waals surface area (Å²) in [6.45, 7) is 6.21. The van der Waals surface area contributed by atoms with Gasteiger partial charge in [-0.15, -0.1) is 0 Å². The van der Waals surface area contributed by atoms with E-state index in [-0.39, 0.29) is 10.7 Å². The second-order valence-corrected chi connectivity index (χ2v) is 11.2. The predicted octanol–water partition coefficient (Wildman–Crippen LogP) is 7.46. The number of thiocarbonyl (C=S) groups is 1. The van der Waals surface area contributed by atoms with Crippen molar-refractivity contribution in [2.75, 3.05) is 27.8 Å². The molecule has 0 aromatic heterocycles. The molecule has 4 aromatic carbocycles. The number of nitrogens with zero attached hydrogens (tertiary/aromatic N) is 3. The van der Waals surface area contributed by atoms with Crippen molar-refractivity contribution >= 4 is 74.9 Å². The summed E-state index contributed by atoms with van der Waals surface area (Å²) in [5.74, 6) is -0.392. The number of ether oxygens (including phenoxy) is 1. The fourth-order valence-corrected chi connectivity index (χ4v) is 5.53. The lowest BCUT2D eigenvalue weighted by Crippen LogP contribution is -2.56. The van der Waals surface area contributed by atoms with Crippen molar-refractivity contribution in [3.63, 3.8) is 0 Å². The highest BCUT2D eigenvalue weighted by Crippen LogP contribution is 2.33. The van der Waals surface area contributed by atoms with E-state index in [0.29, 0.717) is 29.3 Å². The minimum absolute atomic E-state index is 0.00832. The molecule has 0 aliphatic carbocycles. The van der Waals surface area contributed by atoms with Gasteiger partial charge in [-0.25, -0.2) is 0 Å². The molecule has 0 unspecified atom stereocenters. The molecule has 4 aromatic rings. The summed E-state index contributed by atoms with van der Waals surface area (Å²) in [6, 6.07) is 32.3. The van der Waals surface area contributed by atoms with E-state index in [4.69, 9.17) is 17.0 Å². The van der Waals surface area contributed by atoms with Crippen LogP contribution in [0.5, 0.6) is 5.75 Å². The molecule has 0 N–H and O–H groups in total. The van der Waals surface area contributed by atoms with Crippen molar-refractivity contribution < 1.29 is 14.3 Å². The fourth-order valence-electron chi connectivity index (χ4n) is 4.79. The number of carbonyl (C=O) groups excluding carboxylic acids is 2. The molecule has 0 atom stereocenters. The van der Waals surface area contributed by atoms with Crippen molar-refractivity contribution in [2.45, 2.75) is 20.5 Å². The minimum Gasteiger partial charge on any atom is -0.488 e. The first-order valence-electron chi connectivity index (χ1n) is 13.7. The first-order chi connectivity index (χ1) is 20.4. The van der Waals surface area contributed by atoms with E-state index < -0.39 is 11.8 Å². The third-order valence-electron chi connectivity index (χ3n) is 7.01. The Balaban J connectivity index is 1.60. The van der Waals surface area contributed by atoms with Gasteiger partial charge in [-0.3, -0.25) is 19.4 Å². The second-order valence-electron chi connectivity index (χ2n) is 9.60. The lowest BCUT2D eigenvalue weighted by atomic mass is 10.0. The van der Waals surface area contributed by atoms with Crippen LogP contribution in [0.3, 0.4) is 0 Å². The highest BCUT2D eigenvalue weighted by molar-refractivity contribution is 14.1. The van der Waals surface area contributed by atoms with Crippen LogP contribution in [0.4, 0.5) is 17.1 Å². The maximum absolute atomic E-state index is 14.0. The summed E-state index contributed by atoms with van der Waals surface area (Å²) >= 11 is 8.01. The third kappa shape index (κ3) is 6.24. The van der Waals surface area contributed by atoms with E-state index in [1.54, 1.807) is 30.3 Å². The van der Waals surface area contributed by atoms with Gasteiger partial charge in [0.25, 0.3) is 11.8 Å². The summed E-state index contributed by atoms with van der Waals surface area (Å²) < 4.78 is 7.49. The zero-order chi connectivity index (χ0) is 29.6. The quantitative estimate of drug-likeness (QED) is 0.0792. The molecule has 42 heavy (non-hydrogen) atoms. The van der Waals surface area contributed by atoms with Gasteiger partial charge in [0.15, 0.2) is 5.11 Å². The number of hydrogen-bond donors (Lipinski definition) is 0. The first kappa shape index (κ1) is 29.5. The molecule has 0 bridgehead atoms. The molecule has 1 fully saturated rings. The van der Waals surface area contributed by atoms with Gasteiger partial charge >= 0.3 is 0 Å². The van der Waals surface area contributed by atoms with Crippen LogP contribution in [-0.4, -0.2) is 30.0 Å². The van der Waals surface area contributed by atoms with Crippen molar-refractivity contribution in [1.29, 1.82) is 0 Å². The molecule has 1 aliphatic heterocycles. The van der Waals surface area contributed by atoms with Gasteiger partial charge in [0.2, 0.25) is 0 Å². The van der Waals surface area contributed by atoms with Crippen LogP contribution >= 0.6 is 34.8 Å². The number of hydrogen-bond acceptors (Lipinski definition) is 5. The van der Waals surface area contributed by atoms with E-state index in [9.17, 15) is 9.59 Å². The normalized spacial score (nSPS) is 13.4. The standard InChI is InChI=1S/C34H30IN3O3S/c1-3-36(4-2)29-20-17-25(31(22-29)41-23-24-15-18-26(35)19-16-24)21-30-32(39)37(27-11-7-5-8-12-27)34(42)38(33(30)40)28-13-9-6-10-14-28/h5-22H,3-4,23H2,1-2H3. The Kier molecular flexibility index (Phi) is 9.34. The number of rotatable bonds is 9. The fraction of sp³-hybridized carbons (Fsp3) is 0.147. The van der Waals surface area contributed by atoms with E-state index in [0.717, 1.165) is 27.9 Å². The molecule has 2 amide bonds. The molecular formula is C34H30IN3O3S. The van der Waals surface area contributed by atoms with Crippen LogP contribution in [0.25, 0.3) is 6.08 Å². The van der Waals surface area contributed by atoms with Crippen LogP contribution < -0.4 is 19.4 Å². The predicted molar refractivity (Wildman–Crippen MR) is 182 cm³/mol. The Bertz CT molecular complexity index is 1560. The summed E-state index contributed by atoms with van der Waals surface area (Å²) in [6.07, 6.45) is 1.62. The maximum atomic E-state index is 14.0. The van der Waals surface area contributed by atoms with Gasteiger partial charge in [-0.1, -0.05) is 48.5 Å². The molecule has 0 saturated carbocycles. The maximum Gasteiger partial charge on any atom is 0.270 e. The molecule has 8 heteroatoms. The molecule has 0 spiro atoms. The largest absolute Gasteiger partial charge is 0.488 e. The van der Waals surface area contributed by atoms with Crippen molar-refractivity contribution in [1.82, 2.24) is 0 Å². The summed E-state index contributed by atoms with van der Waals surface area (Å²) in [5.41, 5.74) is 3.80. The SMILES string of the molecule is CCN(CC)c1ccc(C=C2C(=O)N(c3ccccc3)C(=S)N(c3ccccc3)C2=O)c(OCc2ccc(I)cc2)c1. The molecule has 1 heterocycles. The van der Waals surface area contributed by atoms with Crippen LogP contribution in [0.15, 0.2) is 109 Å². The monoisotopic (exact) mass is 687 g/mol. The molecular weight excluding hydrogens is 657 g/mol. The summed E-state index contributed by atoms with van der Waals surface area (Å²) in [4.78, 5) is 33.0. The van der Waals surface area contributed by atoms with E-state index >= 15 is 0 Å². The highest BCUT2D eigenvalue weighted by Gasteiger charge is 2.41. The van der Waals surface area contributed by atoms with Crippen LogP contribution in [0.2, 0.25) is 0 Å². The Morgan fingerprint density at radius 3 is 1.86 bits per heavy atom. The average molecular weight is 688 g/mol. The molecule has 0 radical (unpaired) electrons. The van der Waals surface area contributed by atoms with Gasteiger partial charge in [0.05, 0.1) is 11.4 Å². The van der Waals surface area contributed by atoms with E-state index in [1.165, 1.54) is 9.80 Å². The first-order valence-corrected chi connectivity index (χ1v) is 15.2. The Labute approximate surface area is 265 Å². The lowest BCUT2D eigenvalue weighted by molar-refractivity contribution is -0.120. The molecule has 212 valence electrons. The summed E-state index contributed by atoms with van der Waals surface area (Å²) in [5, 5.41) is 0.103. The van der Waals surface area contributed by atoms with Gasteiger partial charge in [0.1, 0.15) is 17.9 Å². The highest BCUT2D eigenvalue weighted by atomic mass is 127. The zero-order valence-electron chi connectivity index (χ0n) is 23.4. The second kappa shape index (κ2) is 13.3. The number of anilines is 3. The number of amides is 2. The Morgan fingerprint density at radius 1 is 0.786 bits per heavy atom. The Hall–Kier alpha value is -4.02. The van der Waals surface area contributed by atoms with Crippen LogP contribution in [0.1, 0.15) is 25.0 Å². The smallest absolute Gasteiger partial charge is 0.270 e. The van der Waals surface area contributed by atoms with E-state index in [1.807, 2.05) is 78.9 Å². The summed E-state index contributed by atoms with van der Waals surface area (Å²) in [7, 11) is 0. The van der Waals surface area contributed by atoms with Crippen molar-refractivity contribution in [2.24, 2.45) is 0 Å². The zero-order valence-corrected chi connectivity index (χ0v) is 26.3. The molecule has 1 aliphatic rings. The minimum atomic E-state index is -0.486. The number of carbonyl (C=O) groups is 2. The number of benzene rings is 4. The van der Waals surface area contributed by atoms with Gasteiger partial charge in [-0.2, -0.15) is 0 Å². The van der Waals surface area contributed by atoms with Gasteiger partial charge < -0.3 is 9.64 Å². The Morgan fingerprint density at radius 2 is 1.33 bits per heavy atom. The third-order valence-corrected chi connectivity index (χ3v) is 8.10. The van der Waals surface area contributed by atoms with Gasteiger partial charge in [0, 0.05) is 34.0 Å². The van der Waals surface area contributed by atoms with E-state index in [2.05, 4.69) is 41.3 Å². The van der Waals surface area contributed by atoms with Gasteiger partial charge in [-0.05, 0) is 109 Å². The van der Waals surface area contributed by atoms with Crippen molar-refractivity contribution in [3.8, 4) is 5.75 Å². The molecule has 6 nitrogen and oxygen atoms in total. The van der Waals surface area contributed by atoms with Crippen molar-refractivity contribution in [3.05, 3.63) is 123 Å².